The number of nitro groups is 1. The number of nitrogens with one attached hydrogen (secondary N) is 1. The average molecular weight is 449 g/mol. The van der Waals surface area contributed by atoms with Crippen molar-refractivity contribution in [2.75, 3.05) is 43.6 Å². The summed E-state index contributed by atoms with van der Waals surface area (Å²) in [6.45, 7) is 2.71. The molecule has 4 rings (SSSR count). The first-order valence-electron chi connectivity index (χ1n) is 10.4. The highest BCUT2D eigenvalue weighted by Gasteiger charge is 2.18. The van der Waals surface area contributed by atoms with Gasteiger partial charge in [0.25, 0.3) is 5.69 Å². The molecule has 0 atom stereocenters. The maximum absolute atomic E-state index is 12.6. The Morgan fingerprint density at radius 2 is 1.94 bits per heavy atom. The topological polar surface area (TPSA) is 107 Å². The number of hydrogen-bond donors (Lipinski definition) is 1. The van der Waals surface area contributed by atoms with E-state index < -0.39 is 4.92 Å². The smallest absolute Gasteiger partial charge is 0.280 e. The molecule has 0 saturated carbocycles. The number of furan rings is 1. The molecule has 1 aromatic heterocycles. The highest BCUT2D eigenvalue weighted by molar-refractivity contribution is 6.03. The fraction of sp³-hybridized carbons (Fsp3) is 0.208. The molecule has 0 aliphatic carbocycles. The van der Waals surface area contributed by atoms with E-state index in [4.69, 9.17) is 13.9 Å². The second kappa shape index (κ2) is 10.0. The first kappa shape index (κ1) is 22.1. The maximum atomic E-state index is 12.6. The van der Waals surface area contributed by atoms with E-state index in [0.29, 0.717) is 41.7 Å². The lowest BCUT2D eigenvalue weighted by molar-refractivity contribution is -0.384. The van der Waals surface area contributed by atoms with Crippen LogP contribution in [0.5, 0.6) is 5.75 Å². The van der Waals surface area contributed by atoms with E-state index in [9.17, 15) is 14.9 Å². The Labute approximate surface area is 190 Å². The second-order valence-electron chi connectivity index (χ2n) is 7.28. The molecule has 0 radical (unpaired) electrons. The summed E-state index contributed by atoms with van der Waals surface area (Å²) in [5.74, 6) is 1.04. The number of nitro benzene ring substituents is 1. The Balaban J connectivity index is 1.50. The van der Waals surface area contributed by atoms with Crippen molar-refractivity contribution in [3.63, 3.8) is 0 Å². The molecular formula is C24H23N3O6. The van der Waals surface area contributed by atoms with Crippen molar-refractivity contribution >= 4 is 29.0 Å². The molecule has 2 aromatic carbocycles. The number of hydrogen-bond acceptors (Lipinski definition) is 7. The number of anilines is 2. The quantitative estimate of drug-likeness (QED) is 0.325. The van der Waals surface area contributed by atoms with Crippen LogP contribution in [-0.4, -0.2) is 44.2 Å². The summed E-state index contributed by atoms with van der Waals surface area (Å²) in [7, 11) is 1.57. The van der Waals surface area contributed by atoms with Crippen molar-refractivity contribution in [2.24, 2.45) is 0 Å². The predicted molar refractivity (Wildman–Crippen MR) is 124 cm³/mol. The van der Waals surface area contributed by atoms with Crippen molar-refractivity contribution in [3.05, 3.63) is 76.5 Å². The molecule has 1 saturated heterocycles. The third-order valence-electron chi connectivity index (χ3n) is 5.21. The SMILES string of the molecule is COc1ccc(N2CCOCC2)c(NC(=O)/C=C/c2ccc(-c3ccccc3[N+](=O)[O-])o2)c1. The van der Waals surface area contributed by atoms with Crippen LogP contribution in [0.25, 0.3) is 17.4 Å². The van der Waals surface area contributed by atoms with Crippen LogP contribution in [0, 0.1) is 10.1 Å². The summed E-state index contributed by atoms with van der Waals surface area (Å²) in [4.78, 5) is 25.6. The van der Waals surface area contributed by atoms with Crippen LogP contribution in [0.1, 0.15) is 5.76 Å². The minimum Gasteiger partial charge on any atom is -0.497 e. The third kappa shape index (κ3) is 5.21. The Morgan fingerprint density at radius 1 is 1.15 bits per heavy atom. The fourth-order valence-corrected chi connectivity index (χ4v) is 3.58. The van der Waals surface area contributed by atoms with Crippen LogP contribution in [0.3, 0.4) is 0 Å². The molecule has 0 bridgehead atoms. The van der Waals surface area contributed by atoms with Gasteiger partial charge in [0.1, 0.15) is 17.3 Å². The lowest BCUT2D eigenvalue weighted by atomic mass is 10.1. The molecule has 1 amide bonds. The van der Waals surface area contributed by atoms with Crippen LogP contribution in [0.2, 0.25) is 0 Å². The molecule has 33 heavy (non-hydrogen) atoms. The summed E-state index contributed by atoms with van der Waals surface area (Å²) in [6, 6.07) is 15.2. The van der Waals surface area contributed by atoms with Gasteiger partial charge in [-0.05, 0) is 36.4 Å². The normalized spacial score (nSPS) is 13.8. The van der Waals surface area contributed by atoms with Crippen molar-refractivity contribution < 1.29 is 23.6 Å². The molecule has 1 aliphatic heterocycles. The molecule has 1 N–H and O–H groups in total. The van der Waals surface area contributed by atoms with E-state index in [-0.39, 0.29) is 11.6 Å². The highest BCUT2D eigenvalue weighted by Crippen LogP contribution is 2.32. The van der Waals surface area contributed by atoms with E-state index in [1.165, 1.54) is 18.2 Å². The van der Waals surface area contributed by atoms with Gasteiger partial charge >= 0.3 is 0 Å². The van der Waals surface area contributed by atoms with Gasteiger partial charge in [-0.15, -0.1) is 0 Å². The van der Waals surface area contributed by atoms with Gasteiger partial charge in [0, 0.05) is 31.3 Å². The second-order valence-corrected chi connectivity index (χ2v) is 7.28. The van der Waals surface area contributed by atoms with E-state index in [2.05, 4.69) is 10.2 Å². The Morgan fingerprint density at radius 3 is 2.70 bits per heavy atom. The van der Waals surface area contributed by atoms with Crippen molar-refractivity contribution in [2.45, 2.75) is 0 Å². The third-order valence-corrected chi connectivity index (χ3v) is 5.21. The van der Waals surface area contributed by atoms with Crippen LogP contribution >= 0.6 is 0 Å². The van der Waals surface area contributed by atoms with E-state index in [0.717, 1.165) is 18.8 Å². The number of carbonyl (C=O) groups is 1. The number of rotatable bonds is 7. The summed E-state index contributed by atoms with van der Waals surface area (Å²) in [6.07, 6.45) is 2.87. The predicted octanol–water partition coefficient (Wildman–Crippen LogP) is 4.35. The Bertz CT molecular complexity index is 1180. The highest BCUT2D eigenvalue weighted by atomic mass is 16.6. The lowest BCUT2D eigenvalue weighted by Crippen LogP contribution is -2.36. The van der Waals surface area contributed by atoms with Crippen molar-refractivity contribution in [1.82, 2.24) is 0 Å². The zero-order chi connectivity index (χ0) is 23.2. The van der Waals surface area contributed by atoms with Crippen LogP contribution < -0.4 is 15.0 Å². The summed E-state index contributed by atoms with van der Waals surface area (Å²) < 4.78 is 16.4. The lowest BCUT2D eigenvalue weighted by Gasteiger charge is -2.30. The number of carbonyl (C=O) groups excluding carboxylic acids is 1. The number of ether oxygens (including phenoxy) is 2. The van der Waals surface area contributed by atoms with E-state index in [1.807, 2.05) is 12.1 Å². The van der Waals surface area contributed by atoms with Gasteiger partial charge in [0.2, 0.25) is 5.91 Å². The Kier molecular flexibility index (Phi) is 6.70. The maximum Gasteiger partial charge on any atom is 0.280 e. The molecule has 1 fully saturated rings. The molecule has 1 aliphatic rings. The minimum absolute atomic E-state index is 0.0474. The minimum atomic E-state index is -0.457. The van der Waals surface area contributed by atoms with Crippen LogP contribution in [0.15, 0.2) is 65.1 Å². The number of morpholine rings is 1. The van der Waals surface area contributed by atoms with Crippen LogP contribution in [0.4, 0.5) is 17.1 Å². The average Bonchev–Trinajstić information content (AvgIpc) is 3.32. The molecule has 0 spiro atoms. The van der Waals surface area contributed by atoms with Crippen LogP contribution in [-0.2, 0) is 9.53 Å². The molecule has 9 nitrogen and oxygen atoms in total. The standard InChI is InChI=1S/C24H23N3O6/c1-31-18-6-9-22(26-12-14-32-15-13-26)20(16-18)25-24(28)11-8-17-7-10-23(33-17)19-4-2-3-5-21(19)27(29)30/h2-11,16H,12-15H2,1H3,(H,25,28)/b11-8+. The van der Waals surface area contributed by atoms with Gasteiger partial charge in [-0.25, -0.2) is 0 Å². The van der Waals surface area contributed by atoms with Crippen molar-refractivity contribution in [3.8, 4) is 17.1 Å². The number of amides is 1. The largest absolute Gasteiger partial charge is 0.497 e. The first-order valence-corrected chi connectivity index (χ1v) is 10.4. The molecular weight excluding hydrogens is 426 g/mol. The van der Waals surface area contributed by atoms with Gasteiger partial charge in [-0.2, -0.15) is 0 Å². The molecule has 3 aromatic rings. The Hall–Kier alpha value is -4.11. The number of benzene rings is 2. The fourth-order valence-electron chi connectivity index (χ4n) is 3.58. The van der Waals surface area contributed by atoms with E-state index in [1.54, 1.807) is 43.5 Å². The monoisotopic (exact) mass is 449 g/mol. The van der Waals surface area contributed by atoms with Crippen molar-refractivity contribution in [1.29, 1.82) is 0 Å². The number of para-hydroxylation sites is 1. The van der Waals surface area contributed by atoms with Gasteiger partial charge in [0.05, 0.1) is 42.2 Å². The summed E-state index contributed by atoms with van der Waals surface area (Å²) >= 11 is 0. The molecule has 9 heteroatoms. The van der Waals surface area contributed by atoms with Gasteiger partial charge in [-0.1, -0.05) is 12.1 Å². The summed E-state index contributed by atoms with van der Waals surface area (Å²) in [5.41, 5.74) is 1.84. The van der Waals surface area contributed by atoms with Gasteiger partial charge in [-0.3, -0.25) is 14.9 Å². The van der Waals surface area contributed by atoms with Gasteiger partial charge < -0.3 is 24.1 Å². The molecule has 170 valence electrons. The van der Waals surface area contributed by atoms with E-state index >= 15 is 0 Å². The first-order chi connectivity index (χ1) is 16.0. The zero-order valence-corrected chi connectivity index (χ0v) is 18.0. The number of nitrogens with zero attached hydrogens (tertiary/aromatic N) is 2. The molecule has 0 unspecified atom stereocenters. The number of methoxy groups -OCH3 is 1. The molecule has 2 heterocycles. The summed E-state index contributed by atoms with van der Waals surface area (Å²) in [5, 5.41) is 14.2. The zero-order valence-electron chi connectivity index (χ0n) is 18.0. The van der Waals surface area contributed by atoms with Gasteiger partial charge in [0.15, 0.2) is 0 Å².